The van der Waals surface area contributed by atoms with Crippen molar-refractivity contribution in [1.29, 1.82) is 0 Å². The second-order valence-electron chi connectivity index (χ2n) is 5.19. The van der Waals surface area contributed by atoms with Gasteiger partial charge in [-0.25, -0.2) is 0 Å². The van der Waals surface area contributed by atoms with Gasteiger partial charge in [-0.3, -0.25) is 4.79 Å². The van der Waals surface area contributed by atoms with Crippen LogP contribution < -0.4 is 4.90 Å². The summed E-state index contributed by atoms with van der Waals surface area (Å²) in [6, 6.07) is 19.5. The van der Waals surface area contributed by atoms with E-state index in [1.807, 2.05) is 0 Å². The first-order valence-corrected chi connectivity index (χ1v) is 7.77. The molecule has 0 aromatic heterocycles. The summed E-state index contributed by atoms with van der Waals surface area (Å²) in [6.07, 6.45) is 2.49. The van der Waals surface area contributed by atoms with Crippen LogP contribution >= 0.6 is 0 Å². The number of aryl methyl sites for hydroxylation is 1. The topological polar surface area (TPSA) is 29.5 Å². The molecule has 0 fully saturated rings. The molecule has 0 spiro atoms. The van der Waals surface area contributed by atoms with Crippen molar-refractivity contribution in [3.8, 4) is 0 Å². The highest BCUT2D eigenvalue weighted by Crippen LogP contribution is 2.27. The third-order valence-corrected chi connectivity index (χ3v) is 3.66. The molecule has 116 valence electrons. The highest BCUT2D eigenvalue weighted by molar-refractivity contribution is 5.55. The van der Waals surface area contributed by atoms with Gasteiger partial charge in [-0.15, -0.1) is 0 Å². The van der Waals surface area contributed by atoms with Gasteiger partial charge in [0.25, 0.3) is 6.47 Å². The molecule has 22 heavy (non-hydrogen) atoms. The lowest BCUT2D eigenvalue weighted by molar-refractivity contribution is -0.128. The molecule has 1 aliphatic rings. The van der Waals surface area contributed by atoms with Gasteiger partial charge in [-0.1, -0.05) is 48.5 Å². The fourth-order valence-corrected chi connectivity index (χ4v) is 2.65. The monoisotopic (exact) mass is 297 g/mol. The van der Waals surface area contributed by atoms with Crippen LogP contribution in [0.5, 0.6) is 0 Å². The van der Waals surface area contributed by atoms with Gasteiger partial charge in [0.1, 0.15) is 0 Å². The third kappa shape index (κ3) is 4.62. The molecule has 3 rings (SSSR count). The number of carbonyl (C=O) groups is 1. The maximum atomic E-state index is 9.18. The van der Waals surface area contributed by atoms with Gasteiger partial charge in [0.2, 0.25) is 0 Å². The SMILES string of the molecule is CCOC=O.c1ccc(CN2CCCc3ccccc32)cc1. The van der Waals surface area contributed by atoms with Crippen LogP contribution in [0.4, 0.5) is 5.69 Å². The third-order valence-electron chi connectivity index (χ3n) is 3.66. The highest BCUT2D eigenvalue weighted by atomic mass is 16.5. The lowest BCUT2D eigenvalue weighted by Crippen LogP contribution is -2.28. The smallest absolute Gasteiger partial charge is 0.293 e. The van der Waals surface area contributed by atoms with Crippen LogP contribution in [0.3, 0.4) is 0 Å². The minimum absolute atomic E-state index is 0.431. The zero-order valence-electron chi connectivity index (χ0n) is 13.1. The minimum atomic E-state index is 0.431. The van der Waals surface area contributed by atoms with Crippen LogP contribution in [0.25, 0.3) is 0 Å². The lowest BCUT2D eigenvalue weighted by atomic mass is 10.0. The Balaban J connectivity index is 0.000000309. The number of carbonyl (C=O) groups excluding carboxylic acids is 1. The molecule has 0 bridgehead atoms. The van der Waals surface area contributed by atoms with E-state index in [0.717, 1.165) is 6.54 Å². The molecule has 0 unspecified atom stereocenters. The van der Waals surface area contributed by atoms with Crippen LogP contribution in [0.2, 0.25) is 0 Å². The highest BCUT2D eigenvalue weighted by Gasteiger charge is 2.15. The van der Waals surface area contributed by atoms with Crippen LogP contribution in [0.15, 0.2) is 54.6 Å². The number of rotatable bonds is 4. The normalized spacial score (nSPS) is 12.7. The quantitative estimate of drug-likeness (QED) is 0.804. The van der Waals surface area contributed by atoms with Crippen molar-refractivity contribution in [2.75, 3.05) is 18.1 Å². The number of ether oxygens (including phenoxy) is 1. The van der Waals surface area contributed by atoms with E-state index in [1.165, 1.54) is 36.2 Å². The number of benzene rings is 2. The molecule has 2 aromatic carbocycles. The maximum Gasteiger partial charge on any atom is 0.293 e. The Bertz CT molecular complexity index is 569. The number of nitrogens with zero attached hydrogens (tertiary/aromatic N) is 1. The van der Waals surface area contributed by atoms with E-state index in [-0.39, 0.29) is 0 Å². The van der Waals surface area contributed by atoms with E-state index in [1.54, 1.807) is 6.92 Å². The van der Waals surface area contributed by atoms with Gasteiger partial charge in [-0.05, 0) is 37.0 Å². The summed E-state index contributed by atoms with van der Waals surface area (Å²) in [5, 5.41) is 0. The van der Waals surface area contributed by atoms with E-state index in [0.29, 0.717) is 13.1 Å². The molecule has 0 N–H and O–H groups in total. The average Bonchev–Trinajstić information content (AvgIpc) is 2.58. The number of hydrogen-bond acceptors (Lipinski definition) is 3. The van der Waals surface area contributed by atoms with E-state index >= 15 is 0 Å². The second-order valence-corrected chi connectivity index (χ2v) is 5.19. The predicted octanol–water partition coefficient (Wildman–Crippen LogP) is 3.82. The van der Waals surface area contributed by atoms with Crippen molar-refractivity contribution in [2.45, 2.75) is 26.3 Å². The number of fused-ring (bicyclic) bond motifs is 1. The first kappa shape index (κ1) is 16.1. The van der Waals surface area contributed by atoms with E-state index in [9.17, 15) is 4.79 Å². The Morgan fingerprint density at radius 3 is 2.50 bits per heavy atom. The zero-order valence-corrected chi connectivity index (χ0v) is 13.1. The zero-order chi connectivity index (χ0) is 15.6. The molecule has 0 atom stereocenters. The molecule has 2 aromatic rings. The summed E-state index contributed by atoms with van der Waals surface area (Å²) >= 11 is 0. The number of para-hydroxylation sites is 1. The molecular weight excluding hydrogens is 274 g/mol. The fourth-order valence-electron chi connectivity index (χ4n) is 2.65. The summed E-state index contributed by atoms with van der Waals surface area (Å²) in [5.74, 6) is 0. The molecule has 3 heteroatoms. The molecule has 0 radical (unpaired) electrons. The molecule has 0 saturated heterocycles. The lowest BCUT2D eigenvalue weighted by Gasteiger charge is -2.31. The summed E-state index contributed by atoms with van der Waals surface area (Å²) in [6.45, 7) is 4.86. The maximum absolute atomic E-state index is 9.18. The molecule has 0 amide bonds. The average molecular weight is 297 g/mol. The summed E-state index contributed by atoms with van der Waals surface area (Å²) in [5.41, 5.74) is 4.31. The first-order valence-electron chi connectivity index (χ1n) is 7.77. The van der Waals surface area contributed by atoms with Gasteiger partial charge in [0, 0.05) is 18.8 Å². The van der Waals surface area contributed by atoms with Crippen molar-refractivity contribution in [3.05, 3.63) is 65.7 Å². The van der Waals surface area contributed by atoms with Gasteiger partial charge in [-0.2, -0.15) is 0 Å². The largest absolute Gasteiger partial charge is 0.468 e. The molecule has 0 aliphatic carbocycles. The fraction of sp³-hybridized carbons (Fsp3) is 0.316. The van der Waals surface area contributed by atoms with E-state index in [2.05, 4.69) is 64.2 Å². The summed E-state index contributed by atoms with van der Waals surface area (Å²) in [4.78, 5) is 11.7. The molecule has 1 aliphatic heterocycles. The first-order chi connectivity index (χ1) is 10.8. The Morgan fingerprint density at radius 1 is 1.09 bits per heavy atom. The summed E-state index contributed by atoms with van der Waals surface area (Å²) in [7, 11) is 0. The van der Waals surface area contributed by atoms with Crippen LogP contribution in [0.1, 0.15) is 24.5 Å². The molecule has 0 saturated carbocycles. The van der Waals surface area contributed by atoms with Crippen LogP contribution in [-0.2, 0) is 22.5 Å². The molecule has 3 nitrogen and oxygen atoms in total. The Labute approximate surface area is 132 Å². The van der Waals surface area contributed by atoms with Gasteiger partial charge in [0.05, 0.1) is 6.61 Å². The minimum Gasteiger partial charge on any atom is -0.468 e. The van der Waals surface area contributed by atoms with Gasteiger partial charge in [0.15, 0.2) is 0 Å². The number of anilines is 1. The van der Waals surface area contributed by atoms with E-state index in [4.69, 9.17) is 0 Å². The van der Waals surface area contributed by atoms with Crippen molar-refractivity contribution >= 4 is 12.2 Å². The van der Waals surface area contributed by atoms with Crippen molar-refractivity contribution in [1.82, 2.24) is 0 Å². The van der Waals surface area contributed by atoms with Crippen molar-refractivity contribution in [3.63, 3.8) is 0 Å². The Morgan fingerprint density at radius 2 is 1.82 bits per heavy atom. The van der Waals surface area contributed by atoms with E-state index < -0.39 is 0 Å². The number of hydrogen-bond donors (Lipinski definition) is 0. The Kier molecular flexibility index (Phi) is 6.49. The van der Waals surface area contributed by atoms with Crippen LogP contribution in [-0.4, -0.2) is 19.6 Å². The second kappa shape index (κ2) is 8.88. The molecule has 1 heterocycles. The van der Waals surface area contributed by atoms with Crippen molar-refractivity contribution in [2.24, 2.45) is 0 Å². The van der Waals surface area contributed by atoms with Crippen molar-refractivity contribution < 1.29 is 9.53 Å². The summed E-state index contributed by atoms with van der Waals surface area (Å²) < 4.78 is 4.15. The predicted molar refractivity (Wildman–Crippen MR) is 89.9 cm³/mol. The van der Waals surface area contributed by atoms with Crippen LogP contribution in [0, 0.1) is 0 Å². The van der Waals surface area contributed by atoms with Gasteiger partial charge < -0.3 is 9.64 Å². The standard InChI is InChI=1S/C16H17N.C3H6O2/c1-2-7-14(8-3-1)13-17-12-6-10-15-9-4-5-11-16(15)17;1-2-5-3-4/h1-5,7-9,11H,6,10,12-13H2;3H,2H2,1H3. The Hall–Kier alpha value is -2.29. The molecular formula is C19H23NO2. The van der Waals surface area contributed by atoms with Gasteiger partial charge >= 0.3 is 0 Å².